The van der Waals surface area contributed by atoms with Crippen LogP contribution < -0.4 is 61.0 Å². The number of para-hydroxylation sites is 1. The second kappa shape index (κ2) is 19.4. The Morgan fingerprint density at radius 3 is 1.83 bits per heavy atom. The molecule has 228 valence electrons. The summed E-state index contributed by atoms with van der Waals surface area (Å²) in [6.07, 6.45) is -2.96. The van der Waals surface area contributed by atoms with E-state index >= 15 is 0 Å². The van der Waals surface area contributed by atoms with Gasteiger partial charge in [0.1, 0.15) is 21.6 Å². The number of carbonyl (C=O) groups is 2. The summed E-state index contributed by atoms with van der Waals surface area (Å²) in [4.78, 5) is 35.7. The number of esters is 2. The van der Waals surface area contributed by atoms with Crippen LogP contribution in [0.4, 0.5) is 0 Å². The molecule has 0 bridgehead atoms. The molecule has 0 heterocycles. The van der Waals surface area contributed by atoms with Gasteiger partial charge in [-0.1, -0.05) is 58.0 Å². The van der Waals surface area contributed by atoms with E-state index in [1.54, 1.807) is 50.2 Å². The minimum absolute atomic E-state index is 0. The second-order valence-corrected chi connectivity index (χ2v) is 13.0. The van der Waals surface area contributed by atoms with Gasteiger partial charge in [-0.25, -0.2) is 8.42 Å². The minimum Gasteiger partial charge on any atom is -0.745 e. The van der Waals surface area contributed by atoms with Crippen LogP contribution >= 0.6 is 7.94 Å². The van der Waals surface area contributed by atoms with E-state index in [1.165, 1.54) is 13.8 Å². The van der Waals surface area contributed by atoms with E-state index in [2.05, 4.69) is 0 Å². The molecule has 0 aliphatic carbocycles. The first-order valence-corrected chi connectivity index (χ1v) is 16.6. The predicted octanol–water partition coefficient (Wildman–Crippen LogP) is 2.21. The molecule has 2 aromatic rings. The molecule has 3 unspecified atom stereocenters. The molecule has 0 amide bonds. The van der Waals surface area contributed by atoms with Crippen LogP contribution in [0.1, 0.15) is 71.8 Å². The van der Waals surface area contributed by atoms with Gasteiger partial charge in [-0.15, -0.1) is 0 Å². The first-order valence-electron chi connectivity index (χ1n) is 13.6. The van der Waals surface area contributed by atoms with Crippen molar-refractivity contribution >= 4 is 30.0 Å². The zero-order chi connectivity index (χ0) is 30.5. The van der Waals surface area contributed by atoms with E-state index in [0.717, 1.165) is 5.56 Å². The van der Waals surface area contributed by atoms with E-state index in [-0.39, 0.29) is 83.5 Å². The summed E-state index contributed by atoms with van der Waals surface area (Å²) < 4.78 is 64.4. The first-order chi connectivity index (χ1) is 19.4. The van der Waals surface area contributed by atoms with Crippen LogP contribution in [0.5, 0.6) is 11.5 Å². The van der Waals surface area contributed by atoms with Crippen molar-refractivity contribution in [2.24, 2.45) is 0 Å². The fourth-order valence-corrected chi connectivity index (χ4v) is 7.52. The Labute approximate surface area is 291 Å². The van der Waals surface area contributed by atoms with Gasteiger partial charge in [0.2, 0.25) is 17.6 Å². The van der Waals surface area contributed by atoms with Crippen molar-refractivity contribution in [3.63, 3.8) is 0 Å². The van der Waals surface area contributed by atoms with Crippen molar-refractivity contribution in [2.75, 3.05) is 0 Å². The van der Waals surface area contributed by atoms with Crippen molar-refractivity contribution in [3.8, 4) is 11.5 Å². The maximum Gasteiger partial charge on any atom is 1.00 e. The average molecular weight is 653 g/mol. The molecule has 42 heavy (non-hydrogen) atoms. The molecule has 0 saturated heterocycles. The molecular weight excluding hydrogens is 614 g/mol. The Hall–Kier alpha value is -0.964. The molecule has 2 aromatic carbocycles. The summed E-state index contributed by atoms with van der Waals surface area (Å²) in [6.45, 7) is 6.18. The SMILES string of the molecule is CCC(=O)OC(CC)O[P+]([O-])(OC(CC)OC(=O)CC)C(CCCc1cccc(Oc2ccccc2)c1)S(=O)(=O)[O-].[K+]. The molecule has 0 aliphatic rings. The van der Waals surface area contributed by atoms with Crippen LogP contribution in [0.15, 0.2) is 54.6 Å². The van der Waals surface area contributed by atoms with Crippen LogP contribution in [-0.2, 0) is 44.6 Å². The van der Waals surface area contributed by atoms with Gasteiger partial charge in [-0.05, 0) is 42.7 Å². The van der Waals surface area contributed by atoms with Gasteiger partial charge in [-0.2, -0.15) is 9.05 Å². The number of carbonyl (C=O) groups excluding carboxylic acids is 2. The summed E-state index contributed by atoms with van der Waals surface area (Å²) >= 11 is 0. The normalized spacial score (nSPS) is 14.9. The third-order valence-corrected chi connectivity index (χ3v) is 10.3. The van der Waals surface area contributed by atoms with Gasteiger partial charge in [0.05, 0.1) is 0 Å². The zero-order valence-electron chi connectivity index (χ0n) is 24.7. The van der Waals surface area contributed by atoms with Crippen molar-refractivity contribution < 1.29 is 102 Å². The molecular formula is C28H38KO11PS. The van der Waals surface area contributed by atoms with Crippen LogP contribution in [0.3, 0.4) is 0 Å². The quantitative estimate of drug-likeness (QED) is 0.0764. The summed E-state index contributed by atoms with van der Waals surface area (Å²) in [5.74, 6) is -0.175. The molecule has 0 spiro atoms. The Kier molecular flexibility index (Phi) is 18.1. The minimum atomic E-state index is -5.27. The number of ether oxygens (including phenoxy) is 3. The van der Waals surface area contributed by atoms with E-state index in [9.17, 15) is 27.5 Å². The number of benzene rings is 2. The Morgan fingerprint density at radius 1 is 0.833 bits per heavy atom. The Morgan fingerprint density at radius 2 is 1.36 bits per heavy atom. The molecule has 14 heteroatoms. The molecule has 3 atom stereocenters. The number of hydrogen-bond acceptors (Lipinski definition) is 11. The van der Waals surface area contributed by atoms with Gasteiger partial charge in [0.15, 0.2) is 0 Å². The van der Waals surface area contributed by atoms with Gasteiger partial charge < -0.3 is 23.7 Å². The summed E-state index contributed by atoms with van der Waals surface area (Å²) in [6, 6.07) is 16.3. The molecule has 2 rings (SSSR count). The largest absolute Gasteiger partial charge is 1.00 e. The third kappa shape index (κ3) is 13.4. The summed E-state index contributed by atoms with van der Waals surface area (Å²) in [5, 5.41) is 0. The molecule has 0 radical (unpaired) electrons. The van der Waals surface area contributed by atoms with Gasteiger partial charge in [0.25, 0.3) is 7.94 Å². The third-order valence-electron chi connectivity index (χ3n) is 5.78. The van der Waals surface area contributed by atoms with Crippen molar-refractivity contribution in [2.45, 2.75) is 90.2 Å². The fraction of sp³-hybridized carbons (Fsp3) is 0.500. The smallest absolute Gasteiger partial charge is 0.745 e. The van der Waals surface area contributed by atoms with E-state index in [4.69, 9.17) is 23.3 Å². The maximum absolute atomic E-state index is 14.1. The van der Waals surface area contributed by atoms with E-state index < -0.39 is 54.0 Å². The van der Waals surface area contributed by atoms with E-state index in [1.807, 2.05) is 18.2 Å². The monoisotopic (exact) mass is 652 g/mol. The number of rotatable bonds is 18. The van der Waals surface area contributed by atoms with E-state index in [0.29, 0.717) is 17.9 Å². The van der Waals surface area contributed by atoms with Crippen LogP contribution in [0.2, 0.25) is 0 Å². The fourth-order valence-electron chi connectivity index (χ4n) is 3.64. The molecule has 0 N–H and O–H groups in total. The standard InChI is InChI=1S/C28H39O11PS.K/c1-5-24(29)36-26(7-3)38-40(31,39-27(8-4)37-25(30)6-2)28(41(32,33)34)19-13-15-21-14-12-18-23(20-21)35-22-16-10-9-11-17-22;/h9-12,14,16-18,20,26-28H,5-8,13,15,19H2,1-4H3,(H,32,33,34);/q;+1/p-1. The summed E-state index contributed by atoms with van der Waals surface area (Å²) in [5.41, 5.74) is 0.781. The number of aryl methyl sites for hydroxylation is 1. The van der Waals surface area contributed by atoms with Gasteiger partial charge in [-0.3, -0.25) is 9.59 Å². The predicted molar refractivity (Wildman–Crippen MR) is 149 cm³/mol. The molecule has 11 nitrogen and oxygen atoms in total. The molecule has 0 aliphatic heterocycles. The second-order valence-electron chi connectivity index (χ2n) is 9.02. The van der Waals surface area contributed by atoms with Crippen molar-refractivity contribution in [1.82, 2.24) is 0 Å². The molecule has 0 fully saturated rings. The van der Waals surface area contributed by atoms with Crippen LogP contribution in [0.25, 0.3) is 0 Å². The zero-order valence-corrected chi connectivity index (χ0v) is 29.6. The first kappa shape index (κ1) is 39.1. The Balaban J connectivity index is 0.00000882. The topological polar surface area (TPSA) is 161 Å². The average Bonchev–Trinajstić information content (AvgIpc) is 2.94. The van der Waals surface area contributed by atoms with Gasteiger partial charge in [0, 0.05) is 32.1 Å². The van der Waals surface area contributed by atoms with Crippen molar-refractivity contribution in [3.05, 3.63) is 60.2 Å². The van der Waals surface area contributed by atoms with Gasteiger partial charge >= 0.3 is 63.3 Å². The maximum atomic E-state index is 14.1. The van der Waals surface area contributed by atoms with Crippen LogP contribution in [-0.4, -0.2) is 42.5 Å². The van der Waals surface area contributed by atoms with Crippen molar-refractivity contribution in [1.29, 1.82) is 0 Å². The molecule has 0 aromatic heterocycles. The number of hydrogen-bond donors (Lipinski definition) is 0. The summed E-state index contributed by atoms with van der Waals surface area (Å²) in [7, 11) is -10.2. The Bertz CT molecular complexity index is 1190. The van der Waals surface area contributed by atoms with Crippen LogP contribution in [0, 0.1) is 0 Å². The molecule has 0 saturated carbocycles.